The Labute approximate surface area is 202 Å². The molecular weight excluding hydrogens is 460 g/mol. The number of carbonyl (C=O) groups excluding carboxylic acids is 3. The van der Waals surface area contributed by atoms with E-state index in [2.05, 4.69) is 17.8 Å². The van der Waals surface area contributed by atoms with Crippen molar-refractivity contribution in [3.63, 3.8) is 0 Å². The van der Waals surface area contributed by atoms with Gasteiger partial charge < -0.3 is 14.4 Å². The van der Waals surface area contributed by atoms with Crippen molar-refractivity contribution in [1.82, 2.24) is 15.8 Å². The molecule has 188 valence electrons. The van der Waals surface area contributed by atoms with Crippen LogP contribution in [0.3, 0.4) is 0 Å². The molecule has 2 aromatic rings. The van der Waals surface area contributed by atoms with Crippen LogP contribution in [0.25, 0.3) is 0 Å². The van der Waals surface area contributed by atoms with Crippen LogP contribution in [0.4, 0.5) is 8.78 Å². The maximum atomic E-state index is 13.9. The number of halogens is 2. The van der Waals surface area contributed by atoms with Crippen molar-refractivity contribution in [3.05, 3.63) is 59.2 Å². The molecule has 1 aliphatic heterocycles. The second kappa shape index (κ2) is 12.1. The molecule has 2 N–H and O–H groups in total. The molecule has 35 heavy (non-hydrogen) atoms. The number of rotatable bonds is 8. The molecule has 0 spiro atoms. The Balaban J connectivity index is 1.49. The third-order valence-electron chi connectivity index (χ3n) is 5.80. The maximum absolute atomic E-state index is 13.9. The number of piperidine rings is 1. The van der Waals surface area contributed by atoms with Gasteiger partial charge in [-0.15, -0.1) is 0 Å². The SMILES string of the molecule is CCCCOc1ccc(C(=O)NNC(=O)C2CCN(C(=O)c3ccc(F)cc3F)CC2)cc1OC. The highest BCUT2D eigenvalue weighted by Gasteiger charge is 2.29. The van der Waals surface area contributed by atoms with Gasteiger partial charge in [-0.3, -0.25) is 25.2 Å². The van der Waals surface area contributed by atoms with Gasteiger partial charge in [0.05, 0.1) is 19.3 Å². The maximum Gasteiger partial charge on any atom is 0.269 e. The number of nitrogens with zero attached hydrogens (tertiary/aromatic N) is 1. The minimum absolute atomic E-state index is 0.209. The lowest BCUT2D eigenvalue weighted by molar-refractivity contribution is -0.127. The Morgan fingerprint density at radius 3 is 2.43 bits per heavy atom. The molecule has 0 aromatic heterocycles. The van der Waals surface area contributed by atoms with E-state index in [9.17, 15) is 23.2 Å². The smallest absolute Gasteiger partial charge is 0.269 e. The highest BCUT2D eigenvalue weighted by atomic mass is 19.1. The number of likely N-dealkylation sites (tertiary alicyclic amines) is 1. The molecule has 0 unspecified atom stereocenters. The van der Waals surface area contributed by atoms with Gasteiger partial charge in [-0.05, 0) is 49.6 Å². The van der Waals surface area contributed by atoms with E-state index in [1.807, 2.05) is 0 Å². The molecule has 8 nitrogen and oxygen atoms in total. The number of methoxy groups -OCH3 is 1. The minimum atomic E-state index is -0.922. The lowest BCUT2D eigenvalue weighted by atomic mass is 9.95. The molecule has 1 fully saturated rings. The first kappa shape index (κ1) is 25.9. The Hall–Kier alpha value is -3.69. The summed E-state index contributed by atoms with van der Waals surface area (Å²) in [6.07, 6.45) is 2.57. The zero-order valence-corrected chi connectivity index (χ0v) is 19.7. The van der Waals surface area contributed by atoms with Gasteiger partial charge in [-0.1, -0.05) is 13.3 Å². The molecule has 3 rings (SSSR count). The number of ether oxygens (including phenoxy) is 2. The molecular formula is C25H29F2N3O5. The molecule has 1 aliphatic rings. The van der Waals surface area contributed by atoms with Gasteiger partial charge in [0.1, 0.15) is 11.6 Å². The van der Waals surface area contributed by atoms with Crippen LogP contribution in [-0.2, 0) is 4.79 Å². The lowest BCUT2D eigenvalue weighted by Gasteiger charge is -2.31. The predicted molar refractivity (Wildman–Crippen MR) is 124 cm³/mol. The van der Waals surface area contributed by atoms with Crippen LogP contribution in [0, 0.1) is 17.6 Å². The Morgan fingerprint density at radius 2 is 1.77 bits per heavy atom. The Bertz CT molecular complexity index is 1070. The zero-order valence-electron chi connectivity index (χ0n) is 19.7. The molecule has 0 saturated carbocycles. The Morgan fingerprint density at radius 1 is 1.03 bits per heavy atom. The summed E-state index contributed by atoms with van der Waals surface area (Å²) >= 11 is 0. The normalized spacial score (nSPS) is 13.8. The first-order valence-electron chi connectivity index (χ1n) is 11.5. The van der Waals surface area contributed by atoms with Gasteiger partial charge in [-0.25, -0.2) is 8.78 Å². The van der Waals surface area contributed by atoms with Crippen LogP contribution in [0.1, 0.15) is 53.3 Å². The summed E-state index contributed by atoms with van der Waals surface area (Å²) in [5.41, 5.74) is 4.89. The van der Waals surface area contributed by atoms with Crippen LogP contribution in [-0.4, -0.2) is 49.4 Å². The molecule has 0 atom stereocenters. The number of amides is 3. The highest BCUT2D eigenvalue weighted by molar-refractivity contribution is 5.96. The quantitative estimate of drug-likeness (QED) is 0.437. The zero-order chi connectivity index (χ0) is 25.4. The Kier molecular flexibility index (Phi) is 8.99. The van der Waals surface area contributed by atoms with Crippen molar-refractivity contribution in [1.29, 1.82) is 0 Å². The molecule has 2 aromatic carbocycles. The largest absolute Gasteiger partial charge is 0.493 e. The second-order valence-corrected chi connectivity index (χ2v) is 8.20. The summed E-state index contributed by atoms with van der Waals surface area (Å²) in [6.45, 7) is 3.06. The number of unbranched alkanes of at least 4 members (excludes halogenated alkanes) is 1. The van der Waals surface area contributed by atoms with Gasteiger partial charge in [0.15, 0.2) is 11.5 Å². The summed E-state index contributed by atoms with van der Waals surface area (Å²) in [5, 5.41) is 0. The fourth-order valence-electron chi connectivity index (χ4n) is 3.73. The molecule has 1 saturated heterocycles. The second-order valence-electron chi connectivity index (χ2n) is 8.20. The number of hydrazine groups is 1. The van der Waals surface area contributed by atoms with Crippen LogP contribution in [0.15, 0.2) is 36.4 Å². The van der Waals surface area contributed by atoms with Crippen LogP contribution >= 0.6 is 0 Å². The van der Waals surface area contributed by atoms with E-state index >= 15 is 0 Å². The molecule has 3 amide bonds. The van der Waals surface area contributed by atoms with E-state index < -0.39 is 29.4 Å². The number of hydrogen-bond donors (Lipinski definition) is 2. The van der Waals surface area contributed by atoms with Crippen LogP contribution in [0.5, 0.6) is 11.5 Å². The third-order valence-corrected chi connectivity index (χ3v) is 5.80. The molecule has 0 aliphatic carbocycles. The van der Waals surface area contributed by atoms with Crippen molar-refractivity contribution in [2.75, 3.05) is 26.8 Å². The summed E-state index contributed by atoms with van der Waals surface area (Å²) in [7, 11) is 1.48. The fourth-order valence-corrected chi connectivity index (χ4v) is 3.73. The van der Waals surface area contributed by atoms with Crippen LogP contribution < -0.4 is 20.3 Å². The van der Waals surface area contributed by atoms with Gasteiger partial charge in [0.25, 0.3) is 11.8 Å². The fraction of sp³-hybridized carbons (Fsp3) is 0.400. The van der Waals surface area contributed by atoms with Crippen molar-refractivity contribution in [2.45, 2.75) is 32.6 Å². The number of nitrogens with one attached hydrogen (secondary N) is 2. The van der Waals surface area contributed by atoms with Gasteiger partial charge >= 0.3 is 0 Å². The molecule has 0 radical (unpaired) electrons. The molecule has 0 bridgehead atoms. The lowest BCUT2D eigenvalue weighted by Crippen LogP contribution is -2.48. The predicted octanol–water partition coefficient (Wildman–Crippen LogP) is 3.47. The highest BCUT2D eigenvalue weighted by Crippen LogP contribution is 2.28. The summed E-state index contributed by atoms with van der Waals surface area (Å²) in [4.78, 5) is 39.0. The van der Waals surface area contributed by atoms with E-state index in [4.69, 9.17) is 9.47 Å². The average Bonchev–Trinajstić information content (AvgIpc) is 2.87. The summed E-state index contributed by atoms with van der Waals surface area (Å²) in [6, 6.07) is 7.55. The number of carbonyl (C=O) groups is 3. The first-order valence-corrected chi connectivity index (χ1v) is 11.5. The average molecular weight is 490 g/mol. The number of benzene rings is 2. The number of hydrogen-bond acceptors (Lipinski definition) is 5. The third kappa shape index (κ3) is 6.68. The van der Waals surface area contributed by atoms with Gasteiger partial charge in [0, 0.05) is 30.6 Å². The van der Waals surface area contributed by atoms with E-state index in [0.717, 1.165) is 25.0 Å². The van der Waals surface area contributed by atoms with E-state index in [1.165, 1.54) is 18.1 Å². The van der Waals surface area contributed by atoms with E-state index in [1.54, 1.807) is 12.1 Å². The standard InChI is InChI=1S/C25H29F2N3O5/c1-3-4-13-35-21-8-5-17(14-22(21)34-2)24(32)29-28-23(31)16-9-11-30(12-10-16)25(33)19-7-6-18(26)15-20(19)27/h5-8,14-16H,3-4,9-13H2,1-2H3,(H,28,31)(H,29,32). The van der Waals surface area contributed by atoms with Crippen LogP contribution in [0.2, 0.25) is 0 Å². The van der Waals surface area contributed by atoms with E-state index in [0.29, 0.717) is 37.0 Å². The summed E-state index contributed by atoms with van der Waals surface area (Å²) < 4.78 is 38.0. The first-order chi connectivity index (χ1) is 16.8. The van der Waals surface area contributed by atoms with Crippen molar-refractivity contribution < 1.29 is 32.6 Å². The molecule has 1 heterocycles. The van der Waals surface area contributed by atoms with Gasteiger partial charge in [0.2, 0.25) is 5.91 Å². The minimum Gasteiger partial charge on any atom is -0.493 e. The van der Waals surface area contributed by atoms with Crippen molar-refractivity contribution in [3.8, 4) is 11.5 Å². The van der Waals surface area contributed by atoms with Crippen molar-refractivity contribution >= 4 is 17.7 Å². The molecule has 10 heteroatoms. The van der Waals surface area contributed by atoms with Crippen molar-refractivity contribution in [2.24, 2.45) is 5.92 Å². The summed E-state index contributed by atoms with van der Waals surface area (Å²) in [5.74, 6) is -2.62. The van der Waals surface area contributed by atoms with Gasteiger partial charge in [-0.2, -0.15) is 0 Å². The topological polar surface area (TPSA) is 97.0 Å². The van der Waals surface area contributed by atoms with E-state index in [-0.39, 0.29) is 30.1 Å². The monoisotopic (exact) mass is 489 g/mol.